The highest BCUT2D eigenvalue weighted by Crippen LogP contribution is 2.25. The molecule has 134 valence electrons. The minimum atomic E-state index is -3.99. The summed E-state index contributed by atoms with van der Waals surface area (Å²) in [7, 11) is -2.71. The van der Waals surface area contributed by atoms with E-state index in [0.717, 1.165) is 10.7 Å². The molecule has 2 aromatic rings. The highest BCUT2D eigenvalue weighted by molar-refractivity contribution is 7.92. The molecule has 0 aliphatic heterocycles. The summed E-state index contributed by atoms with van der Waals surface area (Å²) in [5.41, 5.74) is 0.181. The fourth-order valence-electron chi connectivity index (χ4n) is 2.20. The molecule has 7 heteroatoms. The van der Waals surface area contributed by atoms with Crippen LogP contribution in [-0.4, -0.2) is 27.4 Å². The van der Waals surface area contributed by atoms with E-state index in [0.29, 0.717) is 0 Å². The molecule has 0 aliphatic carbocycles. The third-order valence-electron chi connectivity index (χ3n) is 3.94. The van der Waals surface area contributed by atoms with Crippen LogP contribution in [0, 0.1) is 5.82 Å². The van der Waals surface area contributed by atoms with Gasteiger partial charge in [0.1, 0.15) is 5.82 Å². The van der Waals surface area contributed by atoms with Gasteiger partial charge in [-0.25, -0.2) is 12.8 Å². The van der Waals surface area contributed by atoms with Crippen LogP contribution in [0.25, 0.3) is 0 Å². The number of sulfonamides is 1. The number of halogens is 1. The van der Waals surface area contributed by atoms with Gasteiger partial charge in [-0.15, -0.1) is 0 Å². The first-order chi connectivity index (χ1) is 11.8. The number of benzene rings is 2. The molecule has 0 saturated carbocycles. The maximum atomic E-state index is 13.9. The van der Waals surface area contributed by atoms with Crippen molar-refractivity contribution in [2.45, 2.75) is 31.2 Å². The Morgan fingerprint density at radius 1 is 1.20 bits per heavy atom. The smallest absolute Gasteiger partial charge is 0.264 e. The van der Waals surface area contributed by atoms with Crippen molar-refractivity contribution in [2.24, 2.45) is 0 Å². The van der Waals surface area contributed by atoms with E-state index in [1.807, 2.05) is 13.8 Å². The predicted molar refractivity (Wildman–Crippen MR) is 95.7 cm³/mol. The minimum Gasteiger partial charge on any atom is -0.350 e. The zero-order valence-corrected chi connectivity index (χ0v) is 15.2. The first-order valence-electron chi connectivity index (χ1n) is 7.91. The van der Waals surface area contributed by atoms with Gasteiger partial charge in [0.2, 0.25) is 0 Å². The van der Waals surface area contributed by atoms with Gasteiger partial charge in [-0.05, 0) is 43.7 Å². The van der Waals surface area contributed by atoms with Crippen LogP contribution in [0.4, 0.5) is 10.1 Å². The largest absolute Gasteiger partial charge is 0.350 e. The Morgan fingerprint density at radius 2 is 1.88 bits per heavy atom. The van der Waals surface area contributed by atoms with Gasteiger partial charge >= 0.3 is 0 Å². The number of hydrogen-bond donors (Lipinski definition) is 1. The summed E-state index contributed by atoms with van der Waals surface area (Å²) in [6, 6.07) is 11.3. The van der Waals surface area contributed by atoms with E-state index in [1.165, 1.54) is 43.4 Å². The molecule has 1 atom stereocenters. The summed E-state index contributed by atoms with van der Waals surface area (Å²) in [5, 5.41) is 2.79. The monoisotopic (exact) mass is 364 g/mol. The molecule has 1 N–H and O–H groups in total. The average molecular weight is 364 g/mol. The number of para-hydroxylation sites is 1. The van der Waals surface area contributed by atoms with Crippen LogP contribution in [-0.2, 0) is 10.0 Å². The molecule has 0 radical (unpaired) electrons. The molecule has 0 aliphatic rings. The molecule has 0 spiro atoms. The van der Waals surface area contributed by atoms with E-state index in [9.17, 15) is 17.6 Å². The molecule has 0 heterocycles. The molecule has 2 aromatic carbocycles. The third-order valence-corrected chi connectivity index (χ3v) is 5.70. The van der Waals surface area contributed by atoms with Crippen LogP contribution in [0.1, 0.15) is 30.6 Å². The quantitative estimate of drug-likeness (QED) is 0.856. The second-order valence-corrected chi connectivity index (χ2v) is 7.70. The maximum Gasteiger partial charge on any atom is 0.264 e. The molecule has 25 heavy (non-hydrogen) atoms. The lowest BCUT2D eigenvalue weighted by molar-refractivity contribution is 0.0939. The molecular weight excluding hydrogens is 343 g/mol. The zero-order chi connectivity index (χ0) is 18.6. The summed E-state index contributed by atoms with van der Waals surface area (Å²) in [5.74, 6) is -0.987. The van der Waals surface area contributed by atoms with Crippen LogP contribution in [0.5, 0.6) is 0 Å². The normalized spacial score (nSPS) is 12.5. The second kappa shape index (κ2) is 7.65. The molecule has 5 nitrogen and oxygen atoms in total. The second-order valence-electron chi connectivity index (χ2n) is 5.73. The summed E-state index contributed by atoms with van der Waals surface area (Å²) >= 11 is 0. The van der Waals surface area contributed by atoms with Crippen LogP contribution in [0.2, 0.25) is 0 Å². The summed E-state index contributed by atoms with van der Waals surface area (Å²) in [6.45, 7) is 3.81. The van der Waals surface area contributed by atoms with Crippen LogP contribution < -0.4 is 9.62 Å². The lowest BCUT2D eigenvalue weighted by Crippen LogP contribution is -2.32. The van der Waals surface area contributed by atoms with E-state index in [1.54, 1.807) is 12.1 Å². The van der Waals surface area contributed by atoms with Crippen molar-refractivity contribution in [3.05, 3.63) is 59.9 Å². The van der Waals surface area contributed by atoms with Gasteiger partial charge in [0.05, 0.1) is 10.6 Å². The van der Waals surface area contributed by atoms with E-state index < -0.39 is 15.8 Å². The Morgan fingerprint density at radius 3 is 2.52 bits per heavy atom. The van der Waals surface area contributed by atoms with Crippen LogP contribution >= 0.6 is 0 Å². The van der Waals surface area contributed by atoms with Gasteiger partial charge in [0, 0.05) is 18.7 Å². The number of hydrogen-bond acceptors (Lipinski definition) is 3. The number of carbonyl (C=O) groups is 1. The summed E-state index contributed by atoms with van der Waals surface area (Å²) < 4.78 is 40.3. The van der Waals surface area contributed by atoms with Crippen LogP contribution in [0.3, 0.4) is 0 Å². The van der Waals surface area contributed by atoms with Gasteiger partial charge < -0.3 is 5.32 Å². The van der Waals surface area contributed by atoms with Crippen molar-refractivity contribution in [1.29, 1.82) is 0 Å². The standard InChI is InChI=1S/C18H21FN2O3S/c1-4-13(2)20-18(22)14-8-7-9-15(12-14)25(23,24)21(3)17-11-6-5-10-16(17)19/h5-13H,4H2,1-3H3,(H,20,22). The maximum absolute atomic E-state index is 13.9. The van der Waals surface area contributed by atoms with E-state index in [2.05, 4.69) is 5.32 Å². The number of anilines is 1. The molecule has 2 rings (SSSR count). The van der Waals surface area contributed by atoms with Crippen molar-refractivity contribution >= 4 is 21.6 Å². The fraction of sp³-hybridized carbons (Fsp3) is 0.278. The number of nitrogens with one attached hydrogen (secondary N) is 1. The Bertz CT molecular complexity index is 868. The molecule has 0 saturated heterocycles. The van der Waals surface area contributed by atoms with E-state index >= 15 is 0 Å². The average Bonchev–Trinajstić information content (AvgIpc) is 2.61. The summed E-state index contributed by atoms with van der Waals surface area (Å²) in [4.78, 5) is 12.1. The van der Waals surface area contributed by atoms with Gasteiger partial charge in [-0.3, -0.25) is 9.10 Å². The van der Waals surface area contributed by atoms with Crippen molar-refractivity contribution in [3.8, 4) is 0 Å². The first-order valence-corrected chi connectivity index (χ1v) is 9.35. The minimum absolute atomic E-state index is 0.0196. The highest BCUT2D eigenvalue weighted by Gasteiger charge is 2.24. The Balaban J connectivity index is 2.36. The van der Waals surface area contributed by atoms with E-state index in [-0.39, 0.29) is 28.1 Å². The van der Waals surface area contributed by atoms with Gasteiger partial charge in [-0.1, -0.05) is 25.1 Å². The third kappa shape index (κ3) is 4.17. The fourth-order valence-corrected chi connectivity index (χ4v) is 3.45. The van der Waals surface area contributed by atoms with Gasteiger partial charge in [0.15, 0.2) is 0 Å². The van der Waals surface area contributed by atoms with Crippen LogP contribution in [0.15, 0.2) is 53.4 Å². The molecule has 1 unspecified atom stereocenters. The number of amides is 1. The van der Waals surface area contributed by atoms with Crippen molar-refractivity contribution in [1.82, 2.24) is 5.32 Å². The molecular formula is C18H21FN2O3S. The van der Waals surface area contributed by atoms with Crippen molar-refractivity contribution in [2.75, 3.05) is 11.4 Å². The molecule has 0 aromatic heterocycles. The van der Waals surface area contributed by atoms with Gasteiger partial charge in [-0.2, -0.15) is 0 Å². The number of rotatable bonds is 6. The molecule has 1 amide bonds. The lowest BCUT2D eigenvalue weighted by atomic mass is 10.2. The van der Waals surface area contributed by atoms with Crippen molar-refractivity contribution < 1.29 is 17.6 Å². The van der Waals surface area contributed by atoms with Crippen molar-refractivity contribution in [3.63, 3.8) is 0 Å². The Kier molecular flexibility index (Phi) is 5.79. The van der Waals surface area contributed by atoms with Gasteiger partial charge in [0.25, 0.3) is 15.9 Å². The topological polar surface area (TPSA) is 66.5 Å². The Labute approximate surface area is 147 Å². The number of nitrogens with zero attached hydrogens (tertiary/aromatic N) is 1. The summed E-state index contributed by atoms with van der Waals surface area (Å²) in [6.07, 6.45) is 0.764. The Hall–Kier alpha value is -2.41. The first kappa shape index (κ1) is 18.9. The lowest BCUT2D eigenvalue weighted by Gasteiger charge is -2.20. The number of carbonyl (C=O) groups excluding carboxylic acids is 1. The zero-order valence-electron chi connectivity index (χ0n) is 14.4. The molecule has 0 fully saturated rings. The highest BCUT2D eigenvalue weighted by atomic mass is 32.2. The van der Waals surface area contributed by atoms with E-state index in [4.69, 9.17) is 0 Å². The SMILES string of the molecule is CCC(C)NC(=O)c1cccc(S(=O)(=O)N(C)c2ccccc2F)c1. The predicted octanol–water partition coefficient (Wildman–Crippen LogP) is 3.18. The molecule has 0 bridgehead atoms.